The normalized spacial score (nSPS) is 12.8. The van der Waals surface area contributed by atoms with E-state index in [-0.39, 0.29) is 31.1 Å². The van der Waals surface area contributed by atoms with Crippen LogP contribution in [0.4, 0.5) is 0 Å². The molecule has 0 aliphatic carbocycles. The molecule has 0 spiro atoms. The van der Waals surface area contributed by atoms with Crippen LogP contribution in [0.25, 0.3) is 0 Å². The van der Waals surface area contributed by atoms with Crippen LogP contribution in [0, 0.1) is 0 Å². The third-order valence-corrected chi connectivity index (χ3v) is 13.3. The molecule has 0 N–H and O–H groups in total. The first-order valence-corrected chi connectivity index (χ1v) is 31.4. The largest absolute Gasteiger partial charge is 0.462 e. The highest BCUT2D eigenvalue weighted by molar-refractivity contribution is 5.71. The Morgan fingerprint density at radius 1 is 0.280 bits per heavy atom. The Hall–Kier alpha value is -3.93. The summed E-state index contributed by atoms with van der Waals surface area (Å²) in [6, 6.07) is 0. The number of rotatable bonds is 56. The monoisotopic (exact) mass is 1040 g/mol. The number of unbranched alkanes of at least 4 members (excludes halogenated alkanes) is 27. The van der Waals surface area contributed by atoms with Crippen LogP contribution in [0.5, 0.6) is 0 Å². The smallest absolute Gasteiger partial charge is 0.306 e. The maximum atomic E-state index is 12.8. The lowest BCUT2D eigenvalue weighted by Crippen LogP contribution is -2.30. The number of carbonyl (C=O) groups excluding carboxylic acids is 3. The first-order chi connectivity index (χ1) is 37.0. The Morgan fingerprint density at radius 3 is 0.813 bits per heavy atom. The van der Waals surface area contributed by atoms with E-state index in [0.29, 0.717) is 19.3 Å². The Bertz CT molecular complexity index is 1520. The molecule has 428 valence electrons. The molecule has 0 aromatic rings. The highest BCUT2D eigenvalue weighted by atomic mass is 16.6. The van der Waals surface area contributed by atoms with Gasteiger partial charge < -0.3 is 14.2 Å². The van der Waals surface area contributed by atoms with E-state index in [1.165, 1.54) is 122 Å². The summed E-state index contributed by atoms with van der Waals surface area (Å²) in [5, 5.41) is 0. The van der Waals surface area contributed by atoms with Gasteiger partial charge in [-0.1, -0.05) is 278 Å². The number of esters is 3. The van der Waals surface area contributed by atoms with Crippen molar-refractivity contribution in [3.8, 4) is 0 Å². The third-order valence-electron chi connectivity index (χ3n) is 13.3. The molecule has 0 aliphatic rings. The van der Waals surface area contributed by atoms with Gasteiger partial charge in [0.05, 0.1) is 0 Å². The van der Waals surface area contributed by atoms with E-state index in [1.807, 2.05) is 0 Å². The lowest BCUT2D eigenvalue weighted by atomic mass is 10.0. The molecule has 6 heteroatoms. The molecule has 1 atom stereocenters. The molecule has 0 rings (SSSR count). The second-order valence-electron chi connectivity index (χ2n) is 20.6. The van der Waals surface area contributed by atoms with E-state index >= 15 is 0 Å². The number of hydrogen-bond acceptors (Lipinski definition) is 6. The Kier molecular flexibility index (Phi) is 59.3. The topological polar surface area (TPSA) is 78.9 Å². The van der Waals surface area contributed by atoms with Crippen molar-refractivity contribution in [2.75, 3.05) is 13.2 Å². The second-order valence-corrected chi connectivity index (χ2v) is 20.6. The summed E-state index contributed by atoms with van der Waals surface area (Å²) >= 11 is 0. The van der Waals surface area contributed by atoms with Gasteiger partial charge in [-0.2, -0.15) is 0 Å². The second kappa shape index (κ2) is 62.6. The van der Waals surface area contributed by atoms with Crippen LogP contribution >= 0.6 is 0 Å². The Labute approximate surface area is 463 Å². The van der Waals surface area contributed by atoms with Gasteiger partial charge in [0.1, 0.15) is 13.2 Å². The first kappa shape index (κ1) is 71.1. The fraction of sp³-hybridized carbons (Fsp3) is 0.696. The number of hydrogen-bond donors (Lipinski definition) is 0. The minimum Gasteiger partial charge on any atom is -0.462 e. The van der Waals surface area contributed by atoms with Crippen LogP contribution in [0.1, 0.15) is 290 Å². The summed E-state index contributed by atoms with van der Waals surface area (Å²) in [4.78, 5) is 37.9. The average molecular weight is 1040 g/mol. The van der Waals surface area contributed by atoms with Crippen molar-refractivity contribution in [1.29, 1.82) is 0 Å². The van der Waals surface area contributed by atoms with Gasteiger partial charge >= 0.3 is 17.9 Å². The van der Waals surface area contributed by atoms with Gasteiger partial charge in [-0.05, 0) is 103 Å². The maximum Gasteiger partial charge on any atom is 0.306 e. The van der Waals surface area contributed by atoms with Crippen LogP contribution < -0.4 is 0 Å². The van der Waals surface area contributed by atoms with Gasteiger partial charge in [0.25, 0.3) is 0 Å². The number of carbonyl (C=O) groups is 3. The van der Waals surface area contributed by atoms with Crippen molar-refractivity contribution >= 4 is 17.9 Å². The number of allylic oxidation sites excluding steroid dienone is 18. The summed E-state index contributed by atoms with van der Waals surface area (Å²) < 4.78 is 16.8. The van der Waals surface area contributed by atoms with Gasteiger partial charge in [0, 0.05) is 19.3 Å². The van der Waals surface area contributed by atoms with Crippen LogP contribution in [0.3, 0.4) is 0 Å². The average Bonchev–Trinajstić information content (AvgIpc) is 3.41. The lowest BCUT2D eigenvalue weighted by molar-refractivity contribution is -0.167. The summed E-state index contributed by atoms with van der Waals surface area (Å²) in [5.41, 5.74) is 0. The molecule has 1 unspecified atom stereocenters. The van der Waals surface area contributed by atoms with Gasteiger partial charge in [-0.25, -0.2) is 0 Å². The molecule has 0 aromatic carbocycles. The van der Waals surface area contributed by atoms with Crippen LogP contribution in [0.15, 0.2) is 109 Å². The fourth-order valence-electron chi connectivity index (χ4n) is 8.64. The Morgan fingerprint density at radius 2 is 0.520 bits per heavy atom. The first-order valence-electron chi connectivity index (χ1n) is 31.4. The molecule has 0 saturated carbocycles. The van der Waals surface area contributed by atoms with Crippen LogP contribution in [-0.4, -0.2) is 37.2 Å². The van der Waals surface area contributed by atoms with Gasteiger partial charge in [-0.15, -0.1) is 0 Å². The van der Waals surface area contributed by atoms with E-state index in [4.69, 9.17) is 14.2 Å². The van der Waals surface area contributed by atoms with Crippen molar-refractivity contribution < 1.29 is 28.6 Å². The predicted molar refractivity (Wildman–Crippen MR) is 325 cm³/mol. The summed E-state index contributed by atoms with van der Waals surface area (Å²) in [6.45, 7) is 6.34. The van der Waals surface area contributed by atoms with Crippen molar-refractivity contribution in [1.82, 2.24) is 0 Å². The minimum atomic E-state index is -0.781. The SMILES string of the molecule is CC/C=C\C/C=C\C/C=C\C/C=C\C/C=C\CCCCCCCCCC(=O)OC(COC(=O)CCCCCCC)COC(=O)CCCCCCCCCCCCCCCCCC/C=C\C/C=C\C/C=C\C/C=C\CC. The van der Waals surface area contributed by atoms with Crippen LogP contribution in [-0.2, 0) is 28.6 Å². The zero-order chi connectivity index (χ0) is 54.3. The molecule has 0 heterocycles. The molecule has 0 aliphatic heterocycles. The van der Waals surface area contributed by atoms with E-state index in [2.05, 4.69) is 130 Å². The van der Waals surface area contributed by atoms with E-state index in [0.717, 1.165) is 128 Å². The van der Waals surface area contributed by atoms with Gasteiger partial charge in [-0.3, -0.25) is 14.4 Å². The number of ether oxygens (including phenoxy) is 3. The van der Waals surface area contributed by atoms with Crippen molar-refractivity contribution in [2.24, 2.45) is 0 Å². The lowest BCUT2D eigenvalue weighted by Gasteiger charge is -2.18. The molecular weight excluding hydrogens is 925 g/mol. The maximum absolute atomic E-state index is 12.8. The van der Waals surface area contributed by atoms with E-state index in [1.54, 1.807) is 0 Å². The molecule has 6 nitrogen and oxygen atoms in total. The fourth-order valence-corrected chi connectivity index (χ4v) is 8.64. The summed E-state index contributed by atoms with van der Waals surface area (Å²) in [7, 11) is 0. The molecule has 0 aromatic heterocycles. The molecule has 0 radical (unpaired) electrons. The predicted octanol–water partition coefficient (Wildman–Crippen LogP) is 21.4. The highest BCUT2D eigenvalue weighted by Crippen LogP contribution is 2.16. The molecule has 0 amide bonds. The summed E-state index contributed by atoms with van der Waals surface area (Å²) in [6.07, 6.45) is 85.7. The zero-order valence-electron chi connectivity index (χ0n) is 49.0. The van der Waals surface area contributed by atoms with Crippen LogP contribution in [0.2, 0.25) is 0 Å². The molecule has 0 bridgehead atoms. The third kappa shape index (κ3) is 60.8. The minimum absolute atomic E-state index is 0.0816. The molecule has 0 saturated heterocycles. The molecule has 75 heavy (non-hydrogen) atoms. The molecular formula is C69H116O6. The van der Waals surface area contributed by atoms with Gasteiger partial charge in [0.2, 0.25) is 0 Å². The van der Waals surface area contributed by atoms with Crippen molar-refractivity contribution in [2.45, 2.75) is 297 Å². The standard InChI is InChI=1S/C69H116O6/c1-4-7-10-13-15-17-19-21-23-25-27-29-31-32-33-34-35-36-38-39-41-43-45-47-49-51-53-56-59-62-68(71)74-65-66(64-73-67(70)61-58-55-12-9-6-3)75-69(72)63-60-57-54-52-50-48-46-44-42-40-37-30-28-26-24-22-20-18-16-14-11-8-5-2/h7-8,10-11,15-18,21-24,27-30,40,42,66H,4-6,9,12-14,19-20,25-26,31-39,41,43-65H2,1-3H3/b10-7-,11-8-,17-15-,18-16-,23-21-,24-22-,29-27-,30-28-,42-40-. The van der Waals surface area contributed by atoms with E-state index < -0.39 is 6.10 Å². The highest BCUT2D eigenvalue weighted by Gasteiger charge is 2.19. The zero-order valence-corrected chi connectivity index (χ0v) is 49.0. The van der Waals surface area contributed by atoms with Crippen molar-refractivity contribution in [3.05, 3.63) is 109 Å². The Balaban J connectivity index is 4.05. The molecule has 0 fully saturated rings. The van der Waals surface area contributed by atoms with Gasteiger partial charge in [0.15, 0.2) is 6.10 Å². The van der Waals surface area contributed by atoms with Crippen molar-refractivity contribution in [3.63, 3.8) is 0 Å². The quantitative estimate of drug-likeness (QED) is 0.0261. The summed E-state index contributed by atoms with van der Waals surface area (Å²) in [5.74, 6) is -0.901. The van der Waals surface area contributed by atoms with E-state index in [9.17, 15) is 14.4 Å².